The summed E-state index contributed by atoms with van der Waals surface area (Å²) < 4.78 is 11.8. The fourth-order valence-electron chi connectivity index (χ4n) is 5.80. The Labute approximate surface area is 218 Å². The van der Waals surface area contributed by atoms with E-state index in [0.717, 1.165) is 69.5 Å². The molecule has 1 spiro atoms. The van der Waals surface area contributed by atoms with Crippen LogP contribution < -0.4 is 10.1 Å². The van der Waals surface area contributed by atoms with Gasteiger partial charge in [0, 0.05) is 19.3 Å². The number of fused-ring (bicyclic) bond motifs is 1. The molecule has 2 saturated heterocycles. The number of aromatic amines is 1. The molecule has 1 unspecified atom stereocenters. The molecule has 2 amide bonds. The first kappa shape index (κ1) is 25.7. The summed E-state index contributed by atoms with van der Waals surface area (Å²) in [4.78, 5) is 30.6. The highest BCUT2D eigenvalue weighted by molar-refractivity contribution is 5.83. The van der Waals surface area contributed by atoms with Crippen LogP contribution in [-0.2, 0) is 20.7 Å². The largest absolute Gasteiger partial charge is 0.493 e. The molecule has 3 aliphatic rings. The monoisotopic (exact) mass is 509 g/mol. The zero-order chi connectivity index (χ0) is 25.5. The summed E-state index contributed by atoms with van der Waals surface area (Å²) >= 11 is 0. The van der Waals surface area contributed by atoms with Crippen molar-refractivity contribution in [3.05, 3.63) is 47.8 Å². The topological polar surface area (TPSA) is 99.8 Å². The molecule has 9 nitrogen and oxygen atoms in total. The van der Waals surface area contributed by atoms with Gasteiger partial charge in [0.2, 0.25) is 11.8 Å². The van der Waals surface area contributed by atoms with Gasteiger partial charge in [-0.3, -0.25) is 19.6 Å². The van der Waals surface area contributed by atoms with Gasteiger partial charge < -0.3 is 19.7 Å². The van der Waals surface area contributed by atoms with E-state index in [4.69, 9.17) is 9.47 Å². The van der Waals surface area contributed by atoms with Gasteiger partial charge in [-0.15, -0.1) is 0 Å². The number of nitrogens with zero attached hydrogens (tertiary/aromatic N) is 3. The Morgan fingerprint density at radius 1 is 1.05 bits per heavy atom. The van der Waals surface area contributed by atoms with Gasteiger partial charge in [0.05, 0.1) is 37.4 Å². The van der Waals surface area contributed by atoms with Crippen LogP contribution in [0.3, 0.4) is 0 Å². The minimum Gasteiger partial charge on any atom is -0.493 e. The highest BCUT2D eigenvalue weighted by atomic mass is 16.5. The van der Waals surface area contributed by atoms with E-state index in [1.54, 1.807) is 6.20 Å². The molecule has 2 fully saturated rings. The van der Waals surface area contributed by atoms with E-state index in [1.165, 1.54) is 5.56 Å². The van der Waals surface area contributed by atoms with Gasteiger partial charge in [-0.1, -0.05) is 24.6 Å². The fraction of sp³-hybridized carbons (Fsp3) is 0.607. The Balaban J connectivity index is 1.15. The number of aromatic nitrogens is 2. The summed E-state index contributed by atoms with van der Waals surface area (Å²) in [7, 11) is 0. The number of morpholine rings is 1. The van der Waals surface area contributed by atoms with Crippen LogP contribution in [0.1, 0.15) is 55.9 Å². The van der Waals surface area contributed by atoms with Crippen molar-refractivity contribution in [3.8, 4) is 5.75 Å². The number of hydrogen-bond donors (Lipinski definition) is 2. The van der Waals surface area contributed by atoms with Crippen LogP contribution in [0.25, 0.3) is 0 Å². The molecule has 1 atom stereocenters. The Morgan fingerprint density at radius 2 is 1.92 bits per heavy atom. The summed E-state index contributed by atoms with van der Waals surface area (Å²) in [5.74, 6) is 1.27. The van der Waals surface area contributed by atoms with Gasteiger partial charge in [0.25, 0.3) is 0 Å². The quantitative estimate of drug-likeness (QED) is 0.660. The lowest BCUT2D eigenvalue weighted by Gasteiger charge is -2.41. The van der Waals surface area contributed by atoms with E-state index in [2.05, 4.69) is 32.5 Å². The van der Waals surface area contributed by atoms with Crippen LogP contribution in [-0.4, -0.2) is 84.3 Å². The molecular weight excluding hydrogens is 470 g/mol. The lowest BCUT2D eigenvalue weighted by atomic mass is 9.73. The maximum Gasteiger partial charge on any atom is 0.236 e. The first-order chi connectivity index (χ1) is 18.1. The van der Waals surface area contributed by atoms with Crippen molar-refractivity contribution in [1.29, 1.82) is 0 Å². The molecule has 200 valence electrons. The Bertz CT molecular complexity index is 1030. The Hall–Kier alpha value is -2.91. The van der Waals surface area contributed by atoms with E-state index in [0.29, 0.717) is 39.4 Å². The summed E-state index contributed by atoms with van der Waals surface area (Å²) in [5.41, 5.74) is 1.80. The number of rotatable bonds is 3. The van der Waals surface area contributed by atoms with Crippen LogP contribution in [0.2, 0.25) is 0 Å². The molecule has 4 heterocycles. The van der Waals surface area contributed by atoms with Crippen LogP contribution in [0.15, 0.2) is 36.5 Å². The Morgan fingerprint density at radius 3 is 2.76 bits per heavy atom. The first-order valence-electron chi connectivity index (χ1n) is 13.7. The number of aryl methyl sites for hydroxylation is 1. The van der Waals surface area contributed by atoms with Crippen molar-refractivity contribution in [3.63, 3.8) is 0 Å². The van der Waals surface area contributed by atoms with Gasteiger partial charge in [0.15, 0.2) is 0 Å². The number of H-pyrrole nitrogens is 1. The fourth-order valence-corrected chi connectivity index (χ4v) is 5.80. The zero-order valence-electron chi connectivity index (χ0n) is 21.6. The van der Waals surface area contributed by atoms with Crippen LogP contribution in [0.4, 0.5) is 0 Å². The SMILES string of the molecule is O=C(CN1CCC2(CCCCc3ccccc3OCCCNC2=O)CC1)N1CCOC(c2ccn[nH]2)C1. The predicted octanol–water partition coefficient (Wildman–Crippen LogP) is 2.70. The average molecular weight is 510 g/mol. The first-order valence-corrected chi connectivity index (χ1v) is 13.7. The number of ether oxygens (including phenoxy) is 2. The normalized spacial score (nSPS) is 23.6. The summed E-state index contributed by atoms with van der Waals surface area (Å²) in [6, 6.07) is 10.2. The number of amides is 2. The molecule has 0 aliphatic carbocycles. The van der Waals surface area contributed by atoms with Crippen LogP contribution >= 0.6 is 0 Å². The molecule has 5 rings (SSSR count). The second-order valence-corrected chi connectivity index (χ2v) is 10.5. The summed E-state index contributed by atoms with van der Waals surface area (Å²) in [6.07, 6.45) is 7.80. The van der Waals surface area contributed by atoms with E-state index in [9.17, 15) is 9.59 Å². The number of likely N-dealkylation sites (tertiary alicyclic amines) is 1. The van der Waals surface area contributed by atoms with E-state index in [-0.39, 0.29) is 23.3 Å². The highest BCUT2D eigenvalue weighted by Crippen LogP contribution is 2.37. The molecule has 2 aromatic rings. The molecule has 9 heteroatoms. The molecule has 0 radical (unpaired) electrons. The van der Waals surface area contributed by atoms with E-state index in [1.807, 2.05) is 23.1 Å². The summed E-state index contributed by atoms with van der Waals surface area (Å²) in [6.45, 7) is 4.81. The second-order valence-electron chi connectivity index (χ2n) is 10.5. The maximum atomic E-state index is 13.4. The van der Waals surface area contributed by atoms with Crippen molar-refractivity contribution in [2.75, 3.05) is 52.5 Å². The Kier molecular flexibility index (Phi) is 8.41. The van der Waals surface area contributed by atoms with Gasteiger partial charge in [-0.2, -0.15) is 5.10 Å². The van der Waals surface area contributed by atoms with E-state index < -0.39 is 0 Å². The van der Waals surface area contributed by atoms with Crippen molar-refractivity contribution in [2.24, 2.45) is 5.41 Å². The van der Waals surface area contributed by atoms with Gasteiger partial charge >= 0.3 is 0 Å². The third kappa shape index (κ3) is 6.33. The summed E-state index contributed by atoms with van der Waals surface area (Å²) in [5, 5.41) is 10.1. The van der Waals surface area contributed by atoms with Crippen LogP contribution in [0.5, 0.6) is 5.75 Å². The van der Waals surface area contributed by atoms with Crippen molar-refractivity contribution >= 4 is 11.8 Å². The number of hydrogen-bond acceptors (Lipinski definition) is 6. The van der Waals surface area contributed by atoms with Crippen molar-refractivity contribution in [1.82, 2.24) is 25.3 Å². The van der Waals surface area contributed by atoms with Crippen LogP contribution in [0, 0.1) is 5.41 Å². The average Bonchev–Trinajstić information content (AvgIpc) is 3.47. The van der Waals surface area contributed by atoms with Crippen molar-refractivity contribution < 1.29 is 19.1 Å². The number of para-hydroxylation sites is 1. The molecule has 0 bridgehead atoms. The molecular formula is C28H39N5O4. The minimum absolute atomic E-state index is 0.127. The molecule has 0 saturated carbocycles. The second kappa shape index (κ2) is 12.1. The number of carbonyl (C=O) groups excluding carboxylic acids is 2. The number of carbonyl (C=O) groups is 2. The number of nitrogens with one attached hydrogen (secondary N) is 2. The number of benzene rings is 1. The number of piperidine rings is 1. The third-order valence-corrected chi connectivity index (χ3v) is 8.13. The van der Waals surface area contributed by atoms with Gasteiger partial charge in [-0.05, 0) is 69.3 Å². The lowest BCUT2D eigenvalue weighted by Crippen LogP contribution is -2.52. The van der Waals surface area contributed by atoms with E-state index >= 15 is 0 Å². The van der Waals surface area contributed by atoms with Crippen molar-refractivity contribution in [2.45, 2.75) is 51.0 Å². The minimum atomic E-state index is -0.349. The molecule has 2 N–H and O–H groups in total. The predicted molar refractivity (Wildman–Crippen MR) is 139 cm³/mol. The van der Waals surface area contributed by atoms with Gasteiger partial charge in [0.1, 0.15) is 11.9 Å². The molecule has 1 aromatic heterocycles. The smallest absolute Gasteiger partial charge is 0.236 e. The molecule has 3 aliphatic heterocycles. The third-order valence-electron chi connectivity index (χ3n) is 8.13. The van der Waals surface area contributed by atoms with Gasteiger partial charge in [-0.25, -0.2) is 0 Å². The lowest BCUT2D eigenvalue weighted by molar-refractivity contribution is -0.141. The highest BCUT2D eigenvalue weighted by Gasteiger charge is 2.41. The maximum absolute atomic E-state index is 13.4. The zero-order valence-corrected chi connectivity index (χ0v) is 21.6. The molecule has 1 aromatic carbocycles. The molecule has 37 heavy (non-hydrogen) atoms. The standard InChI is InChI=1S/C28H39N5O4/c34-26(33-17-19-37-25(20-33)23-9-14-30-31-23)21-32-15-11-28(12-16-32)10-4-3-7-22-6-1-2-8-24(22)36-18-5-13-29-27(28)35/h1-2,6,8-9,14,25H,3-5,7,10-13,15-21H2,(H,29,35)(H,30,31).